The summed E-state index contributed by atoms with van der Waals surface area (Å²) in [4.78, 5) is 2.16. The fourth-order valence-electron chi connectivity index (χ4n) is 1.97. The second kappa shape index (κ2) is 6.71. The minimum atomic E-state index is -0.200. The van der Waals surface area contributed by atoms with Gasteiger partial charge in [0.25, 0.3) is 0 Å². The number of halogens is 1. The molecule has 0 aliphatic rings. The molecular weight excluding hydrogens is 231 g/mol. The Bertz CT molecular complexity index is 394. The molecule has 0 aliphatic carbocycles. The predicted molar refractivity (Wildman–Crippen MR) is 73.5 cm³/mol. The Morgan fingerprint density at radius 2 is 2.11 bits per heavy atom. The molecule has 1 rings (SSSR count). The van der Waals surface area contributed by atoms with Crippen LogP contribution in [0.15, 0.2) is 12.1 Å². The number of ether oxygens (including phenoxy) is 1. The van der Waals surface area contributed by atoms with Gasteiger partial charge in [0.15, 0.2) is 0 Å². The van der Waals surface area contributed by atoms with Gasteiger partial charge in [-0.25, -0.2) is 4.39 Å². The third kappa shape index (κ3) is 3.43. The molecule has 0 amide bonds. The first kappa shape index (κ1) is 14.9. The van der Waals surface area contributed by atoms with E-state index in [9.17, 15) is 4.39 Å². The van der Waals surface area contributed by atoms with E-state index in [1.165, 1.54) is 0 Å². The number of methoxy groups -OCH3 is 1. The Hall–Kier alpha value is -1.13. The van der Waals surface area contributed by atoms with E-state index in [-0.39, 0.29) is 11.9 Å². The number of hydrogen-bond acceptors (Lipinski definition) is 3. The topological polar surface area (TPSA) is 38.5 Å². The normalized spacial score (nSPS) is 12.6. The summed E-state index contributed by atoms with van der Waals surface area (Å²) in [6, 6.07) is 3.23. The van der Waals surface area contributed by atoms with E-state index >= 15 is 0 Å². The Morgan fingerprint density at radius 1 is 1.44 bits per heavy atom. The lowest BCUT2D eigenvalue weighted by Crippen LogP contribution is -2.29. The first-order valence-corrected chi connectivity index (χ1v) is 6.30. The third-order valence-corrected chi connectivity index (χ3v) is 3.09. The summed E-state index contributed by atoms with van der Waals surface area (Å²) < 4.78 is 18.7. The highest BCUT2D eigenvalue weighted by Crippen LogP contribution is 2.28. The molecule has 4 heteroatoms. The van der Waals surface area contributed by atoms with Crippen molar-refractivity contribution in [1.29, 1.82) is 0 Å². The quantitative estimate of drug-likeness (QED) is 0.848. The molecule has 3 nitrogen and oxygen atoms in total. The SMILES string of the molecule is CCN(CCOC)c1cc(C)c(F)cc1C(C)N. The Labute approximate surface area is 109 Å². The van der Waals surface area contributed by atoms with Crippen LogP contribution in [-0.4, -0.2) is 26.8 Å². The van der Waals surface area contributed by atoms with Crippen molar-refractivity contribution in [2.75, 3.05) is 31.7 Å². The van der Waals surface area contributed by atoms with Gasteiger partial charge in [-0.15, -0.1) is 0 Å². The summed E-state index contributed by atoms with van der Waals surface area (Å²) in [6.45, 7) is 7.97. The molecule has 0 spiro atoms. The van der Waals surface area contributed by atoms with Crippen molar-refractivity contribution >= 4 is 5.69 Å². The van der Waals surface area contributed by atoms with Gasteiger partial charge in [0.05, 0.1) is 6.61 Å². The number of aryl methyl sites for hydroxylation is 1. The largest absolute Gasteiger partial charge is 0.383 e. The molecule has 0 aromatic heterocycles. The molecule has 0 saturated carbocycles. The van der Waals surface area contributed by atoms with E-state index in [1.807, 2.05) is 13.0 Å². The molecule has 0 aliphatic heterocycles. The molecule has 1 aromatic rings. The summed E-state index contributed by atoms with van der Waals surface area (Å²) in [5.41, 5.74) is 8.42. The first-order valence-electron chi connectivity index (χ1n) is 6.30. The Kier molecular flexibility index (Phi) is 5.56. The first-order chi connectivity index (χ1) is 8.51. The van der Waals surface area contributed by atoms with E-state index in [0.29, 0.717) is 12.2 Å². The standard InChI is InChI=1S/C14H23FN2O/c1-5-17(6-7-18-4)14-8-10(2)13(15)9-12(14)11(3)16/h8-9,11H,5-7,16H2,1-4H3. The van der Waals surface area contributed by atoms with Gasteiger partial charge in [0.1, 0.15) is 5.82 Å². The van der Waals surface area contributed by atoms with Crippen molar-refractivity contribution in [2.45, 2.75) is 26.8 Å². The molecule has 0 fully saturated rings. The highest BCUT2D eigenvalue weighted by molar-refractivity contribution is 5.57. The average Bonchev–Trinajstić information content (AvgIpc) is 2.33. The van der Waals surface area contributed by atoms with Crippen molar-refractivity contribution in [2.24, 2.45) is 5.73 Å². The van der Waals surface area contributed by atoms with Crippen LogP contribution in [-0.2, 0) is 4.74 Å². The van der Waals surface area contributed by atoms with Gasteiger partial charge in [0, 0.05) is 31.9 Å². The third-order valence-electron chi connectivity index (χ3n) is 3.09. The van der Waals surface area contributed by atoms with Crippen molar-refractivity contribution in [3.63, 3.8) is 0 Å². The van der Waals surface area contributed by atoms with Gasteiger partial charge >= 0.3 is 0 Å². The maximum atomic E-state index is 13.6. The van der Waals surface area contributed by atoms with Crippen molar-refractivity contribution in [3.05, 3.63) is 29.1 Å². The van der Waals surface area contributed by atoms with Crippen LogP contribution >= 0.6 is 0 Å². The molecular formula is C14H23FN2O. The molecule has 0 bridgehead atoms. The molecule has 0 radical (unpaired) electrons. The van der Waals surface area contributed by atoms with E-state index < -0.39 is 0 Å². The molecule has 2 N–H and O–H groups in total. The molecule has 0 saturated heterocycles. The maximum Gasteiger partial charge on any atom is 0.126 e. The van der Waals surface area contributed by atoms with Crippen LogP contribution < -0.4 is 10.6 Å². The number of hydrogen-bond donors (Lipinski definition) is 1. The zero-order chi connectivity index (χ0) is 13.7. The number of nitrogens with zero attached hydrogens (tertiary/aromatic N) is 1. The molecule has 1 unspecified atom stereocenters. The summed E-state index contributed by atoms with van der Waals surface area (Å²) in [7, 11) is 1.68. The lowest BCUT2D eigenvalue weighted by molar-refractivity contribution is 0.205. The Morgan fingerprint density at radius 3 is 2.61 bits per heavy atom. The smallest absolute Gasteiger partial charge is 0.126 e. The van der Waals surface area contributed by atoms with Gasteiger partial charge in [-0.2, -0.15) is 0 Å². The minimum Gasteiger partial charge on any atom is -0.383 e. The lowest BCUT2D eigenvalue weighted by atomic mass is 10.0. The van der Waals surface area contributed by atoms with Crippen molar-refractivity contribution in [1.82, 2.24) is 0 Å². The summed E-state index contributed by atoms with van der Waals surface area (Å²) in [5.74, 6) is -0.200. The lowest BCUT2D eigenvalue weighted by Gasteiger charge is -2.27. The molecule has 18 heavy (non-hydrogen) atoms. The van der Waals surface area contributed by atoms with Gasteiger partial charge in [-0.05, 0) is 44.0 Å². The van der Waals surface area contributed by atoms with E-state index in [2.05, 4.69) is 11.8 Å². The van der Waals surface area contributed by atoms with Crippen molar-refractivity contribution in [3.8, 4) is 0 Å². The average molecular weight is 254 g/mol. The second-order valence-electron chi connectivity index (χ2n) is 4.52. The fourth-order valence-corrected chi connectivity index (χ4v) is 1.97. The second-order valence-corrected chi connectivity index (χ2v) is 4.52. The van der Waals surface area contributed by atoms with E-state index in [4.69, 9.17) is 10.5 Å². The van der Waals surface area contributed by atoms with Crippen LogP contribution in [0.25, 0.3) is 0 Å². The number of likely N-dealkylation sites (N-methyl/N-ethyl adjacent to an activating group) is 1. The van der Waals surface area contributed by atoms with Gasteiger partial charge < -0.3 is 15.4 Å². The van der Waals surface area contributed by atoms with Crippen LogP contribution in [0.4, 0.5) is 10.1 Å². The zero-order valence-corrected chi connectivity index (χ0v) is 11.7. The van der Waals surface area contributed by atoms with Crippen LogP contribution in [0.1, 0.15) is 31.0 Å². The predicted octanol–water partition coefficient (Wildman–Crippen LogP) is 2.63. The van der Waals surface area contributed by atoms with Gasteiger partial charge in [-0.3, -0.25) is 0 Å². The zero-order valence-electron chi connectivity index (χ0n) is 11.7. The molecule has 0 heterocycles. The maximum absolute atomic E-state index is 13.6. The van der Waals surface area contributed by atoms with Crippen molar-refractivity contribution < 1.29 is 9.13 Å². The van der Waals surface area contributed by atoms with Crippen LogP contribution in [0.2, 0.25) is 0 Å². The van der Waals surface area contributed by atoms with E-state index in [0.717, 1.165) is 24.3 Å². The van der Waals surface area contributed by atoms with Crippen LogP contribution in [0.5, 0.6) is 0 Å². The molecule has 1 aromatic carbocycles. The number of nitrogens with two attached hydrogens (primary N) is 1. The van der Waals surface area contributed by atoms with Crippen LogP contribution in [0, 0.1) is 12.7 Å². The number of benzene rings is 1. The monoisotopic (exact) mass is 254 g/mol. The van der Waals surface area contributed by atoms with Crippen LogP contribution in [0.3, 0.4) is 0 Å². The van der Waals surface area contributed by atoms with E-state index in [1.54, 1.807) is 20.1 Å². The summed E-state index contributed by atoms with van der Waals surface area (Å²) >= 11 is 0. The number of anilines is 1. The minimum absolute atomic E-state index is 0.188. The summed E-state index contributed by atoms with van der Waals surface area (Å²) in [6.07, 6.45) is 0. The highest BCUT2D eigenvalue weighted by Gasteiger charge is 2.15. The number of rotatable bonds is 6. The molecule has 1 atom stereocenters. The molecule has 102 valence electrons. The fraction of sp³-hybridized carbons (Fsp3) is 0.571. The van der Waals surface area contributed by atoms with Gasteiger partial charge in [0.2, 0.25) is 0 Å². The highest BCUT2D eigenvalue weighted by atomic mass is 19.1. The summed E-state index contributed by atoms with van der Waals surface area (Å²) in [5, 5.41) is 0. The Balaban J connectivity index is 3.14. The van der Waals surface area contributed by atoms with Gasteiger partial charge in [-0.1, -0.05) is 0 Å².